The Balaban J connectivity index is 2.18. The second kappa shape index (κ2) is 2.94. The van der Waals surface area contributed by atoms with Gasteiger partial charge >= 0.3 is 0 Å². The van der Waals surface area contributed by atoms with Gasteiger partial charge in [0.1, 0.15) is 0 Å². The van der Waals surface area contributed by atoms with Crippen molar-refractivity contribution in [3.8, 4) is 0 Å². The summed E-state index contributed by atoms with van der Waals surface area (Å²) >= 11 is 5.13. The molecule has 2 aliphatic rings. The summed E-state index contributed by atoms with van der Waals surface area (Å²) in [6.45, 7) is 0. The fourth-order valence-corrected chi connectivity index (χ4v) is 2.12. The van der Waals surface area contributed by atoms with Crippen molar-refractivity contribution in [2.75, 3.05) is 0 Å². The summed E-state index contributed by atoms with van der Waals surface area (Å²) in [6, 6.07) is 0. The van der Waals surface area contributed by atoms with E-state index in [1.54, 1.807) is 5.57 Å². The summed E-state index contributed by atoms with van der Waals surface area (Å²) in [7, 11) is 0. The number of allylic oxidation sites excluding steroid dienone is 2. The first-order valence-electron chi connectivity index (χ1n) is 4.37. The van der Waals surface area contributed by atoms with Crippen molar-refractivity contribution >= 4 is 17.2 Å². The smallest absolute Gasteiger partial charge is 0.0798 e. The zero-order valence-corrected chi connectivity index (χ0v) is 7.47. The van der Waals surface area contributed by atoms with Gasteiger partial charge in [-0.1, -0.05) is 17.8 Å². The molecule has 0 spiro atoms. The van der Waals surface area contributed by atoms with E-state index in [4.69, 9.17) is 12.2 Å². The lowest BCUT2D eigenvalue weighted by Crippen LogP contribution is -2.27. The van der Waals surface area contributed by atoms with Crippen LogP contribution in [0.25, 0.3) is 0 Å². The normalized spacial score (nSPS) is 24.5. The van der Waals surface area contributed by atoms with Gasteiger partial charge in [0.15, 0.2) is 0 Å². The van der Waals surface area contributed by atoms with Crippen LogP contribution in [0.4, 0.5) is 0 Å². The van der Waals surface area contributed by atoms with E-state index in [0.29, 0.717) is 0 Å². The molecular formula is C9H13NS. The number of hydrogen-bond donors (Lipinski definition) is 1. The van der Waals surface area contributed by atoms with Crippen molar-refractivity contribution in [1.82, 2.24) is 5.32 Å². The molecule has 0 saturated heterocycles. The van der Waals surface area contributed by atoms with Crippen LogP contribution in [-0.2, 0) is 0 Å². The summed E-state index contributed by atoms with van der Waals surface area (Å²) in [4.78, 5) is 1.05. The van der Waals surface area contributed by atoms with Gasteiger partial charge in [0.2, 0.25) is 0 Å². The van der Waals surface area contributed by atoms with Crippen molar-refractivity contribution < 1.29 is 0 Å². The first-order chi connectivity index (χ1) is 5.36. The molecule has 0 unspecified atom stereocenters. The molecule has 0 aromatic carbocycles. The van der Waals surface area contributed by atoms with Crippen LogP contribution in [0, 0.1) is 0 Å². The predicted octanol–water partition coefficient (Wildman–Crippen LogP) is 2.53. The number of nitrogens with one attached hydrogen (secondary N) is 1. The molecule has 0 radical (unpaired) electrons. The van der Waals surface area contributed by atoms with Crippen LogP contribution in [0.2, 0.25) is 0 Å². The number of thiocarbonyl (C=S) groups is 1. The third-order valence-electron chi connectivity index (χ3n) is 2.53. The van der Waals surface area contributed by atoms with Gasteiger partial charge in [-0.15, -0.1) is 0 Å². The van der Waals surface area contributed by atoms with E-state index in [-0.39, 0.29) is 0 Å². The highest BCUT2D eigenvalue weighted by molar-refractivity contribution is 7.80. The third-order valence-corrected chi connectivity index (χ3v) is 2.83. The Morgan fingerprint density at radius 3 is 2.73 bits per heavy atom. The average Bonchev–Trinajstić information content (AvgIpc) is 2.04. The minimum atomic E-state index is 1.05. The van der Waals surface area contributed by atoms with E-state index in [0.717, 1.165) is 11.4 Å². The molecule has 0 aromatic rings. The SMILES string of the molecule is S=C1CCC2=C(CCCC2)N1. The maximum atomic E-state index is 5.13. The van der Waals surface area contributed by atoms with Gasteiger partial charge in [-0.25, -0.2) is 0 Å². The molecule has 0 amide bonds. The minimum absolute atomic E-state index is 1.05. The second-order valence-electron chi connectivity index (χ2n) is 3.34. The molecule has 0 atom stereocenters. The van der Waals surface area contributed by atoms with Crippen LogP contribution in [0.15, 0.2) is 11.3 Å². The average molecular weight is 167 g/mol. The highest BCUT2D eigenvalue weighted by Crippen LogP contribution is 2.29. The Morgan fingerprint density at radius 1 is 1.00 bits per heavy atom. The summed E-state index contributed by atoms with van der Waals surface area (Å²) in [5, 5.41) is 3.33. The van der Waals surface area contributed by atoms with Crippen LogP contribution < -0.4 is 5.32 Å². The third kappa shape index (κ3) is 1.45. The standard InChI is InChI=1S/C9H13NS/c11-9-6-5-7-3-1-2-4-8(7)10-9/h1-6H2,(H,10,11). The van der Waals surface area contributed by atoms with E-state index >= 15 is 0 Å². The molecular weight excluding hydrogens is 154 g/mol. The van der Waals surface area contributed by atoms with Crippen molar-refractivity contribution in [3.05, 3.63) is 11.3 Å². The molecule has 0 saturated carbocycles. The monoisotopic (exact) mass is 167 g/mol. The summed E-state index contributed by atoms with van der Waals surface area (Å²) in [6.07, 6.45) is 7.57. The van der Waals surface area contributed by atoms with E-state index in [9.17, 15) is 0 Å². The van der Waals surface area contributed by atoms with Crippen molar-refractivity contribution in [1.29, 1.82) is 0 Å². The first kappa shape index (κ1) is 7.29. The lowest BCUT2D eigenvalue weighted by atomic mass is 9.91. The zero-order valence-electron chi connectivity index (χ0n) is 6.65. The number of rotatable bonds is 0. The highest BCUT2D eigenvalue weighted by Gasteiger charge is 2.17. The first-order valence-corrected chi connectivity index (χ1v) is 4.78. The minimum Gasteiger partial charge on any atom is -0.354 e. The Kier molecular flexibility index (Phi) is 1.95. The molecule has 1 aliphatic carbocycles. The van der Waals surface area contributed by atoms with E-state index < -0.39 is 0 Å². The molecule has 2 rings (SSSR count). The van der Waals surface area contributed by atoms with E-state index in [1.165, 1.54) is 37.8 Å². The summed E-state index contributed by atoms with van der Waals surface area (Å²) in [5.74, 6) is 0. The van der Waals surface area contributed by atoms with Crippen molar-refractivity contribution in [3.63, 3.8) is 0 Å². The van der Waals surface area contributed by atoms with Crippen LogP contribution >= 0.6 is 12.2 Å². The Morgan fingerprint density at radius 2 is 1.82 bits per heavy atom. The molecule has 1 heterocycles. The molecule has 1 aliphatic heterocycles. The highest BCUT2D eigenvalue weighted by atomic mass is 32.1. The van der Waals surface area contributed by atoms with Crippen LogP contribution in [0.3, 0.4) is 0 Å². The quantitative estimate of drug-likeness (QED) is 0.556. The van der Waals surface area contributed by atoms with Gasteiger partial charge in [0.25, 0.3) is 0 Å². The van der Waals surface area contributed by atoms with Gasteiger partial charge in [-0.05, 0) is 32.1 Å². The summed E-state index contributed by atoms with van der Waals surface area (Å²) in [5.41, 5.74) is 3.09. The lowest BCUT2D eigenvalue weighted by Gasteiger charge is -2.26. The van der Waals surface area contributed by atoms with Crippen LogP contribution in [0.1, 0.15) is 38.5 Å². The fraction of sp³-hybridized carbons (Fsp3) is 0.667. The summed E-state index contributed by atoms with van der Waals surface area (Å²) < 4.78 is 0. The van der Waals surface area contributed by atoms with Gasteiger partial charge in [0, 0.05) is 12.1 Å². The predicted molar refractivity (Wildman–Crippen MR) is 50.5 cm³/mol. The Labute approximate surface area is 72.9 Å². The van der Waals surface area contributed by atoms with Crippen LogP contribution in [0.5, 0.6) is 0 Å². The van der Waals surface area contributed by atoms with Gasteiger partial charge in [-0.3, -0.25) is 0 Å². The molecule has 1 N–H and O–H groups in total. The molecule has 60 valence electrons. The van der Waals surface area contributed by atoms with Crippen LogP contribution in [-0.4, -0.2) is 4.99 Å². The maximum Gasteiger partial charge on any atom is 0.0798 e. The number of hydrogen-bond acceptors (Lipinski definition) is 1. The van der Waals surface area contributed by atoms with Crippen molar-refractivity contribution in [2.45, 2.75) is 38.5 Å². The molecule has 2 heteroatoms. The van der Waals surface area contributed by atoms with Gasteiger partial charge in [-0.2, -0.15) is 0 Å². The topological polar surface area (TPSA) is 12.0 Å². The zero-order chi connectivity index (χ0) is 7.68. The van der Waals surface area contributed by atoms with Crippen molar-refractivity contribution in [2.24, 2.45) is 0 Å². The second-order valence-corrected chi connectivity index (χ2v) is 3.83. The molecule has 1 nitrogen and oxygen atoms in total. The Bertz CT molecular complexity index is 218. The largest absolute Gasteiger partial charge is 0.354 e. The molecule has 11 heavy (non-hydrogen) atoms. The lowest BCUT2D eigenvalue weighted by molar-refractivity contribution is 0.618. The van der Waals surface area contributed by atoms with E-state index in [1.807, 2.05) is 0 Å². The molecule has 0 bridgehead atoms. The molecule has 0 fully saturated rings. The van der Waals surface area contributed by atoms with Gasteiger partial charge < -0.3 is 5.32 Å². The van der Waals surface area contributed by atoms with Gasteiger partial charge in [0.05, 0.1) is 4.99 Å². The molecule has 0 aromatic heterocycles. The van der Waals surface area contributed by atoms with E-state index in [2.05, 4.69) is 5.32 Å². The Hall–Kier alpha value is -0.370. The maximum absolute atomic E-state index is 5.13. The fourth-order valence-electron chi connectivity index (χ4n) is 1.89.